The number of amides is 7. The van der Waals surface area contributed by atoms with Gasteiger partial charge in [-0.25, -0.2) is 0 Å². The van der Waals surface area contributed by atoms with Crippen LogP contribution in [-0.2, 0) is 40.0 Å². The molecule has 3 aromatic carbocycles. The Labute approximate surface area is 362 Å². The van der Waals surface area contributed by atoms with E-state index in [0.29, 0.717) is 24.9 Å². The van der Waals surface area contributed by atoms with Gasteiger partial charge in [0.1, 0.15) is 36.3 Å². The number of benzene rings is 3. The van der Waals surface area contributed by atoms with Crippen LogP contribution in [0.3, 0.4) is 0 Å². The Morgan fingerprint density at radius 1 is 0.770 bits per heavy atom. The highest BCUT2D eigenvalue weighted by Crippen LogP contribution is 2.27. The standard InChI is InChI=1S/C42H56N8O9S2/c1-23(28-17-11-15-27-14-7-8-16-29(27)28)37(54)47-32-21-60-61-22-33(41(58)49-34(24(2)51)36(44)53)48-42(59)35(25(3)52)50-38(55)30(18-9-10-19-43)45-39(56)31(46-40(32)57)20-26-12-5-4-6-13-26/h4-8,11-17,23-25,30-35,51-52H,9-10,18-22,43H2,1-3H3,(H2,44,53)(H,45,56)(H,46,57)(H,47,54)(H,48,59)(H,49,58)(H,50,55)/t23-,24-,25-,30+,31+,32+,33+,34+,35+/m1/s1. The third-order valence-corrected chi connectivity index (χ3v) is 12.6. The molecule has 17 nitrogen and oxygen atoms in total. The number of aliphatic hydroxyl groups excluding tert-OH is 2. The molecule has 0 aliphatic carbocycles. The van der Waals surface area contributed by atoms with Gasteiger partial charge in [-0.05, 0) is 68.5 Å². The number of fused-ring (bicyclic) bond motifs is 1. The maximum absolute atomic E-state index is 14.3. The van der Waals surface area contributed by atoms with Crippen molar-refractivity contribution in [2.24, 2.45) is 11.5 Å². The molecule has 1 heterocycles. The molecular weight excluding hydrogens is 825 g/mol. The van der Waals surface area contributed by atoms with Gasteiger partial charge in [0, 0.05) is 17.9 Å². The number of primary amides is 1. The lowest BCUT2D eigenvalue weighted by Crippen LogP contribution is -2.62. The van der Waals surface area contributed by atoms with Crippen LogP contribution < -0.4 is 43.4 Å². The zero-order valence-electron chi connectivity index (χ0n) is 34.3. The maximum Gasteiger partial charge on any atom is 0.245 e. The van der Waals surface area contributed by atoms with Crippen molar-refractivity contribution in [3.05, 3.63) is 83.9 Å². The molecule has 1 fully saturated rings. The molecule has 330 valence electrons. The Balaban J connectivity index is 1.73. The zero-order chi connectivity index (χ0) is 44.6. The minimum atomic E-state index is -1.61. The zero-order valence-corrected chi connectivity index (χ0v) is 35.9. The highest BCUT2D eigenvalue weighted by atomic mass is 33.1. The average molecular weight is 881 g/mol. The Hall–Kier alpha value is -5.21. The lowest BCUT2D eigenvalue weighted by molar-refractivity contribution is -0.136. The predicted molar refractivity (Wildman–Crippen MR) is 234 cm³/mol. The summed E-state index contributed by atoms with van der Waals surface area (Å²) < 4.78 is 0. The number of carbonyl (C=O) groups is 7. The first-order valence-corrected chi connectivity index (χ1v) is 22.5. The van der Waals surface area contributed by atoms with Crippen LogP contribution in [0.2, 0.25) is 0 Å². The minimum absolute atomic E-state index is 0.0127. The SMILES string of the molecule is C[C@@H](C(=O)N[C@H]1CSSC[C@@H](C(=O)N[C@H](C(N)=O)[C@@H](C)O)NC(=O)[C@H]([C@@H](C)O)NC(=O)[C@H](CCCCN)NC(=O)[C@H](Cc2ccccc2)NC1=O)c1cccc2ccccc12. The van der Waals surface area contributed by atoms with Crippen molar-refractivity contribution in [3.8, 4) is 0 Å². The Kier molecular flexibility index (Phi) is 18.8. The fraction of sp³-hybridized carbons (Fsp3) is 0.452. The number of hydrogen-bond donors (Lipinski definition) is 10. The first-order valence-electron chi connectivity index (χ1n) is 20.0. The maximum atomic E-state index is 14.3. The van der Waals surface area contributed by atoms with Crippen LogP contribution >= 0.6 is 21.6 Å². The molecule has 12 N–H and O–H groups in total. The van der Waals surface area contributed by atoms with Crippen molar-refractivity contribution in [1.82, 2.24) is 31.9 Å². The van der Waals surface area contributed by atoms with E-state index in [0.717, 1.165) is 37.9 Å². The predicted octanol–water partition coefficient (Wildman–Crippen LogP) is -0.134. The van der Waals surface area contributed by atoms with Crippen LogP contribution in [0.4, 0.5) is 0 Å². The normalized spacial score (nSPS) is 22.8. The van der Waals surface area contributed by atoms with Crippen LogP contribution in [-0.4, -0.2) is 118 Å². The van der Waals surface area contributed by atoms with Crippen molar-refractivity contribution in [3.63, 3.8) is 0 Å². The highest BCUT2D eigenvalue weighted by Gasteiger charge is 2.36. The lowest BCUT2D eigenvalue weighted by Gasteiger charge is -2.28. The molecule has 0 radical (unpaired) electrons. The number of nitrogens with one attached hydrogen (secondary N) is 6. The molecule has 0 saturated carbocycles. The van der Waals surface area contributed by atoms with E-state index in [1.165, 1.54) is 13.8 Å². The Bertz CT molecular complexity index is 2000. The second kappa shape index (κ2) is 23.7. The summed E-state index contributed by atoms with van der Waals surface area (Å²) in [5.41, 5.74) is 12.5. The van der Waals surface area contributed by atoms with Gasteiger partial charge in [-0.15, -0.1) is 0 Å². The lowest BCUT2D eigenvalue weighted by atomic mass is 9.94. The van der Waals surface area contributed by atoms with Crippen molar-refractivity contribution in [2.45, 2.75) is 101 Å². The molecule has 0 bridgehead atoms. The van der Waals surface area contributed by atoms with Crippen molar-refractivity contribution in [1.29, 1.82) is 0 Å². The summed E-state index contributed by atoms with van der Waals surface area (Å²) in [5, 5.41) is 38.3. The molecule has 0 spiro atoms. The molecule has 61 heavy (non-hydrogen) atoms. The molecule has 4 rings (SSSR count). The van der Waals surface area contributed by atoms with Crippen molar-refractivity contribution in [2.75, 3.05) is 18.1 Å². The highest BCUT2D eigenvalue weighted by molar-refractivity contribution is 8.76. The first-order chi connectivity index (χ1) is 29.1. The van der Waals surface area contributed by atoms with Gasteiger partial charge in [-0.2, -0.15) is 0 Å². The summed E-state index contributed by atoms with van der Waals surface area (Å²) in [7, 11) is 2.11. The van der Waals surface area contributed by atoms with Gasteiger partial charge in [0.25, 0.3) is 0 Å². The number of aliphatic hydroxyl groups is 2. The molecule has 9 atom stereocenters. The van der Waals surface area contributed by atoms with Crippen molar-refractivity contribution >= 4 is 73.7 Å². The fourth-order valence-electron chi connectivity index (χ4n) is 6.63. The molecule has 19 heteroatoms. The van der Waals surface area contributed by atoms with E-state index in [1.807, 2.05) is 42.5 Å². The van der Waals surface area contributed by atoms with E-state index >= 15 is 0 Å². The van der Waals surface area contributed by atoms with Crippen LogP contribution in [0.15, 0.2) is 72.8 Å². The smallest absolute Gasteiger partial charge is 0.245 e. The fourth-order valence-corrected chi connectivity index (χ4v) is 8.96. The molecule has 3 aromatic rings. The van der Waals surface area contributed by atoms with Crippen LogP contribution in [0.25, 0.3) is 10.8 Å². The topological polar surface area (TPSA) is 284 Å². The van der Waals surface area contributed by atoms with Crippen LogP contribution in [0.1, 0.15) is 57.1 Å². The molecule has 1 saturated heterocycles. The van der Waals surface area contributed by atoms with E-state index < -0.39 is 95.7 Å². The Morgan fingerprint density at radius 3 is 2.08 bits per heavy atom. The molecule has 7 amide bonds. The number of hydrogen-bond acceptors (Lipinski definition) is 12. The average Bonchev–Trinajstić information content (AvgIpc) is 3.23. The second-order valence-electron chi connectivity index (χ2n) is 14.9. The molecule has 1 aliphatic rings. The van der Waals surface area contributed by atoms with E-state index in [1.54, 1.807) is 37.3 Å². The van der Waals surface area contributed by atoms with Gasteiger partial charge in [0.05, 0.1) is 18.1 Å². The third kappa shape index (κ3) is 14.2. The number of carbonyl (C=O) groups excluding carboxylic acids is 7. The molecule has 1 aliphatic heterocycles. The van der Waals surface area contributed by atoms with E-state index in [9.17, 15) is 43.8 Å². The number of rotatable bonds is 14. The summed E-state index contributed by atoms with van der Waals surface area (Å²) >= 11 is 0. The van der Waals surface area contributed by atoms with E-state index in [-0.39, 0.29) is 24.3 Å². The van der Waals surface area contributed by atoms with Gasteiger partial charge in [-0.3, -0.25) is 33.6 Å². The van der Waals surface area contributed by atoms with Gasteiger partial charge >= 0.3 is 0 Å². The summed E-state index contributed by atoms with van der Waals surface area (Å²) in [4.78, 5) is 95.8. The largest absolute Gasteiger partial charge is 0.391 e. The van der Waals surface area contributed by atoms with Crippen LogP contribution in [0.5, 0.6) is 0 Å². The third-order valence-electron chi connectivity index (χ3n) is 10.1. The van der Waals surface area contributed by atoms with Gasteiger partial charge < -0.3 is 53.6 Å². The summed E-state index contributed by atoms with van der Waals surface area (Å²) in [6.45, 7) is 4.51. The second-order valence-corrected chi connectivity index (χ2v) is 17.5. The first kappa shape index (κ1) is 48.5. The van der Waals surface area contributed by atoms with E-state index in [4.69, 9.17) is 11.5 Å². The van der Waals surface area contributed by atoms with Gasteiger partial charge in [-0.1, -0.05) is 94.4 Å². The summed E-state index contributed by atoms with van der Waals surface area (Å²) in [6.07, 6.45) is -1.91. The Morgan fingerprint density at radius 2 is 1.41 bits per heavy atom. The number of unbranched alkanes of at least 4 members (excludes halogenated alkanes) is 1. The monoisotopic (exact) mass is 880 g/mol. The summed E-state index contributed by atoms with van der Waals surface area (Å²) in [5.74, 6) is -6.63. The molecule has 0 aromatic heterocycles. The van der Waals surface area contributed by atoms with Gasteiger partial charge in [0.2, 0.25) is 41.4 Å². The quantitative estimate of drug-likeness (QED) is 0.0749. The summed E-state index contributed by atoms with van der Waals surface area (Å²) in [6, 6.07) is 13.8. The minimum Gasteiger partial charge on any atom is -0.391 e. The van der Waals surface area contributed by atoms with Gasteiger partial charge in [0.15, 0.2) is 0 Å². The van der Waals surface area contributed by atoms with Crippen LogP contribution in [0, 0.1) is 0 Å². The molecular formula is C42H56N8O9S2. The van der Waals surface area contributed by atoms with Crippen molar-refractivity contribution < 1.29 is 43.8 Å². The number of nitrogens with two attached hydrogens (primary N) is 2. The molecule has 0 unspecified atom stereocenters. The van der Waals surface area contributed by atoms with E-state index in [2.05, 4.69) is 31.9 Å².